The van der Waals surface area contributed by atoms with Crippen molar-refractivity contribution in [2.24, 2.45) is 0 Å². The van der Waals surface area contributed by atoms with Gasteiger partial charge in [-0.2, -0.15) is 10.1 Å². The fourth-order valence-corrected chi connectivity index (χ4v) is 3.34. The Kier molecular flexibility index (Phi) is 5.34. The standard InChI is InChI=1S/C20H21ClN6/c21-17-6-2-3-7-18(17)24-20-25-19(14-22-26-20)23-15-8-10-16(11-9-15)27-12-4-1-5-13-27/h2-3,6-11,14H,1,4-5,12-13H2,(H2,23,24,25,26). The third-order valence-corrected chi connectivity index (χ3v) is 4.87. The molecular formula is C20H21ClN6. The first-order valence-electron chi connectivity index (χ1n) is 9.11. The lowest BCUT2D eigenvalue weighted by Crippen LogP contribution is -2.29. The van der Waals surface area contributed by atoms with Gasteiger partial charge in [0.25, 0.3) is 0 Å². The molecule has 1 aromatic heterocycles. The van der Waals surface area contributed by atoms with Gasteiger partial charge in [-0.1, -0.05) is 23.7 Å². The van der Waals surface area contributed by atoms with Gasteiger partial charge in [0.1, 0.15) is 0 Å². The SMILES string of the molecule is Clc1ccccc1Nc1nncc(Nc2ccc(N3CCCCC3)cc2)n1. The first-order valence-corrected chi connectivity index (χ1v) is 9.49. The van der Waals surface area contributed by atoms with Crippen LogP contribution in [0.2, 0.25) is 5.02 Å². The number of hydrogen-bond acceptors (Lipinski definition) is 6. The van der Waals surface area contributed by atoms with Gasteiger partial charge >= 0.3 is 0 Å². The number of benzene rings is 2. The first-order chi connectivity index (χ1) is 13.3. The number of anilines is 5. The van der Waals surface area contributed by atoms with Crippen molar-refractivity contribution < 1.29 is 0 Å². The highest BCUT2D eigenvalue weighted by molar-refractivity contribution is 6.33. The van der Waals surface area contributed by atoms with Crippen LogP contribution in [0.1, 0.15) is 19.3 Å². The van der Waals surface area contributed by atoms with E-state index in [1.165, 1.54) is 24.9 Å². The Morgan fingerprint density at radius 1 is 0.889 bits per heavy atom. The van der Waals surface area contributed by atoms with Crippen LogP contribution in [0, 0.1) is 0 Å². The number of aromatic nitrogens is 3. The maximum Gasteiger partial charge on any atom is 0.249 e. The van der Waals surface area contributed by atoms with E-state index in [4.69, 9.17) is 11.6 Å². The molecule has 4 rings (SSSR count). The monoisotopic (exact) mass is 380 g/mol. The number of piperidine rings is 1. The predicted molar refractivity (Wildman–Crippen MR) is 110 cm³/mol. The molecule has 3 aromatic rings. The second kappa shape index (κ2) is 8.22. The maximum absolute atomic E-state index is 6.16. The van der Waals surface area contributed by atoms with Crippen LogP contribution in [-0.2, 0) is 0 Å². The molecule has 0 unspecified atom stereocenters. The van der Waals surface area contributed by atoms with Crippen LogP contribution in [0.25, 0.3) is 0 Å². The van der Waals surface area contributed by atoms with Crippen LogP contribution in [-0.4, -0.2) is 28.3 Å². The zero-order valence-electron chi connectivity index (χ0n) is 14.9. The van der Waals surface area contributed by atoms with Gasteiger partial charge in [-0.25, -0.2) is 0 Å². The number of nitrogens with zero attached hydrogens (tertiary/aromatic N) is 4. The average molecular weight is 381 g/mol. The molecule has 1 fully saturated rings. The smallest absolute Gasteiger partial charge is 0.249 e. The molecule has 0 spiro atoms. The van der Waals surface area contributed by atoms with Crippen molar-refractivity contribution in [3.8, 4) is 0 Å². The fourth-order valence-electron chi connectivity index (χ4n) is 3.16. The highest BCUT2D eigenvalue weighted by atomic mass is 35.5. The van der Waals surface area contributed by atoms with Gasteiger partial charge in [0, 0.05) is 24.5 Å². The molecular weight excluding hydrogens is 360 g/mol. The number of rotatable bonds is 5. The van der Waals surface area contributed by atoms with Crippen molar-refractivity contribution in [2.45, 2.75) is 19.3 Å². The molecule has 0 aliphatic carbocycles. The Bertz CT molecular complexity index is 893. The largest absolute Gasteiger partial charge is 0.372 e. The van der Waals surface area contributed by atoms with Crippen molar-refractivity contribution in [3.63, 3.8) is 0 Å². The summed E-state index contributed by atoms with van der Waals surface area (Å²) in [5, 5.41) is 15.0. The third-order valence-electron chi connectivity index (χ3n) is 4.54. The van der Waals surface area contributed by atoms with Gasteiger partial charge in [-0.3, -0.25) is 0 Å². The van der Waals surface area contributed by atoms with E-state index in [-0.39, 0.29) is 0 Å². The summed E-state index contributed by atoms with van der Waals surface area (Å²) in [4.78, 5) is 6.89. The highest BCUT2D eigenvalue weighted by Crippen LogP contribution is 2.25. The molecule has 138 valence electrons. The molecule has 0 atom stereocenters. The summed E-state index contributed by atoms with van der Waals surface area (Å²) in [5.74, 6) is 1.00. The molecule has 7 heteroatoms. The summed E-state index contributed by atoms with van der Waals surface area (Å²) >= 11 is 6.16. The molecule has 0 amide bonds. The number of para-hydroxylation sites is 1. The molecule has 6 nitrogen and oxygen atoms in total. The normalized spacial score (nSPS) is 14.0. The minimum absolute atomic E-state index is 0.387. The van der Waals surface area contributed by atoms with Crippen LogP contribution in [0.15, 0.2) is 54.7 Å². The third kappa shape index (κ3) is 4.46. The Morgan fingerprint density at radius 3 is 2.44 bits per heavy atom. The summed E-state index contributed by atoms with van der Waals surface area (Å²) in [7, 11) is 0. The van der Waals surface area contributed by atoms with E-state index in [9.17, 15) is 0 Å². The summed E-state index contributed by atoms with van der Waals surface area (Å²) < 4.78 is 0. The molecule has 27 heavy (non-hydrogen) atoms. The lowest BCUT2D eigenvalue weighted by molar-refractivity contribution is 0.578. The summed E-state index contributed by atoms with van der Waals surface area (Å²) in [6.07, 6.45) is 5.47. The van der Waals surface area contributed by atoms with Gasteiger partial charge in [0.2, 0.25) is 5.95 Å². The van der Waals surface area contributed by atoms with Gasteiger partial charge in [0.15, 0.2) is 5.82 Å². The van der Waals surface area contributed by atoms with E-state index < -0.39 is 0 Å². The van der Waals surface area contributed by atoms with Crippen molar-refractivity contribution in [3.05, 3.63) is 59.8 Å². The second-order valence-electron chi connectivity index (χ2n) is 6.49. The van der Waals surface area contributed by atoms with Gasteiger partial charge < -0.3 is 15.5 Å². The Labute approximate surface area is 163 Å². The van der Waals surface area contributed by atoms with E-state index in [2.05, 4.69) is 55.0 Å². The van der Waals surface area contributed by atoms with Crippen LogP contribution >= 0.6 is 11.6 Å². The van der Waals surface area contributed by atoms with Crippen molar-refractivity contribution in [1.82, 2.24) is 15.2 Å². The lowest BCUT2D eigenvalue weighted by atomic mass is 10.1. The lowest BCUT2D eigenvalue weighted by Gasteiger charge is -2.28. The summed E-state index contributed by atoms with van der Waals surface area (Å²) in [6.45, 7) is 2.28. The molecule has 2 heterocycles. The predicted octanol–water partition coefficient (Wildman–Crippen LogP) is 5.00. The second-order valence-corrected chi connectivity index (χ2v) is 6.90. The zero-order chi connectivity index (χ0) is 18.5. The topological polar surface area (TPSA) is 66.0 Å². The molecule has 1 saturated heterocycles. The van der Waals surface area contributed by atoms with E-state index in [0.717, 1.165) is 24.5 Å². The fraction of sp³-hybridized carbons (Fsp3) is 0.250. The number of hydrogen-bond donors (Lipinski definition) is 2. The van der Waals surface area contributed by atoms with Crippen LogP contribution in [0.4, 0.5) is 28.8 Å². The first kappa shape index (κ1) is 17.5. The Morgan fingerprint density at radius 2 is 1.67 bits per heavy atom. The van der Waals surface area contributed by atoms with Gasteiger partial charge in [-0.15, -0.1) is 5.10 Å². The van der Waals surface area contributed by atoms with Crippen LogP contribution in [0.5, 0.6) is 0 Å². The van der Waals surface area contributed by atoms with Crippen molar-refractivity contribution in [1.29, 1.82) is 0 Å². The van der Waals surface area contributed by atoms with E-state index in [0.29, 0.717) is 16.8 Å². The van der Waals surface area contributed by atoms with Crippen molar-refractivity contribution in [2.75, 3.05) is 28.6 Å². The zero-order valence-corrected chi connectivity index (χ0v) is 15.7. The minimum atomic E-state index is 0.387. The van der Waals surface area contributed by atoms with Crippen molar-refractivity contribution >= 4 is 40.4 Å². The van der Waals surface area contributed by atoms with Gasteiger partial charge in [0.05, 0.1) is 16.9 Å². The number of halogens is 1. The maximum atomic E-state index is 6.16. The Hall–Kier alpha value is -2.86. The molecule has 1 aliphatic rings. The molecule has 1 aliphatic heterocycles. The minimum Gasteiger partial charge on any atom is -0.372 e. The summed E-state index contributed by atoms with van der Waals surface area (Å²) in [6, 6.07) is 15.9. The van der Waals surface area contributed by atoms with E-state index >= 15 is 0 Å². The quantitative estimate of drug-likeness (QED) is 0.649. The number of nitrogens with one attached hydrogen (secondary N) is 2. The Balaban J connectivity index is 1.44. The molecule has 0 radical (unpaired) electrons. The molecule has 2 N–H and O–H groups in total. The van der Waals surface area contributed by atoms with E-state index in [1.54, 1.807) is 6.20 Å². The molecule has 0 saturated carbocycles. The van der Waals surface area contributed by atoms with Crippen LogP contribution < -0.4 is 15.5 Å². The molecule has 2 aromatic carbocycles. The van der Waals surface area contributed by atoms with Crippen LogP contribution in [0.3, 0.4) is 0 Å². The molecule has 0 bridgehead atoms. The van der Waals surface area contributed by atoms with E-state index in [1.807, 2.05) is 24.3 Å². The van der Waals surface area contributed by atoms with Gasteiger partial charge in [-0.05, 0) is 55.7 Å². The average Bonchev–Trinajstić information content (AvgIpc) is 2.71. The summed E-state index contributed by atoms with van der Waals surface area (Å²) in [5.41, 5.74) is 2.96. The highest BCUT2D eigenvalue weighted by Gasteiger charge is 2.10.